The predicted octanol–water partition coefficient (Wildman–Crippen LogP) is 1.94. The summed E-state index contributed by atoms with van der Waals surface area (Å²) in [5.41, 5.74) is 0.662. The average Bonchev–Trinajstić information content (AvgIpc) is 2.90. The van der Waals surface area contributed by atoms with Crippen LogP contribution in [0, 0.1) is 0 Å². The number of benzene rings is 2. The number of carbonyl (C=O) groups is 3. The van der Waals surface area contributed by atoms with Crippen molar-refractivity contribution >= 4 is 28.7 Å². The van der Waals surface area contributed by atoms with Crippen molar-refractivity contribution in [3.63, 3.8) is 0 Å². The van der Waals surface area contributed by atoms with E-state index in [0.29, 0.717) is 10.9 Å². The van der Waals surface area contributed by atoms with E-state index in [2.05, 4.69) is 4.98 Å². The number of esters is 1. The number of ether oxygens (including phenoxy) is 1. The highest BCUT2D eigenvalue weighted by molar-refractivity contribution is 6.21. The third-order valence-corrected chi connectivity index (χ3v) is 4.17. The summed E-state index contributed by atoms with van der Waals surface area (Å²) < 4.78 is 5.14. The van der Waals surface area contributed by atoms with Crippen molar-refractivity contribution in [2.24, 2.45) is 0 Å². The number of nitrogens with one attached hydrogen (secondary N) is 1. The number of aromatic nitrogens is 1. The van der Waals surface area contributed by atoms with Gasteiger partial charge < -0.3 is 9.72 Å². The highest BCUT2D eigenvalue weighted by Crippen LogP contribution is 2.22. The molecule has 0 bridgehead atoms. The first-order valence-corrected chi connectivity index (χ1v) is 7.80. The first kappa shape index (κ1) is 15.8. The second-order valence-electron chi connectivity index (χ2n) is 5.74. The summed E-state index contributed by atoms with van der Waals surface area (Å²) in [5.74, 6) is -1.83. The van der Waals surface area contributed by atoms with Gasteiger partial charge in [-0.2, -0.15) is 0 Å². The molecule has 0 spiro atoms. The fourth-order valence-electron chi connectivity index (χ4n) is 2.93. The van der Waals surface area contributed by atoms with Crippen LogP contribution in [0.5, 0.6) is 0 Å². The van der Waals surface area contributed by atoms with Crippen molar-refractivity contribution < 1.29 is 19.1 Å². The summed E-state index contributed by atoms with van der Waals surface area (Å²) in [4.78, 5) is 52.2. The molecule has 0 saturated carbocycles. The summed E-state index contributed by atoms with van der Waals surface area (Å²) in [6.07, 6.45) is 0. The number of para-hydroxylation sites is 1. The maximum absolute atomic E-state index is 12.4. The number of hydrogen-bond acceptors (Lipinski definition) is 5. The third-order valence-electron chi connectivity index (χ3n) is 4.17. The molecule has 3 aromatic rings. The molecule has 0 aliphatic carbocycles. The molecule has 26 heavy (non-hydrogen) atoms. The van der Waals surface area contributed by atoms with Gasteiger partial charge >= 0.3 is 5.97 Å². The lowest BCUT2D eigenvalue weighted by atomic mass is 10.1. The van der Waals surface area contributed by atoms with Crippen molar-refractivity contribution in [1.82, 2.24) is 9.88 Å². The Morgan fingerprint density at radius 1 is 0.923 bits per heavy atom. The molecule has 0 atom stereocenters. The minimum Gasteiger partial charge on any atom is -0.440 e. The van der Waals surface area contributed by atoms with Crippen molar-refractivity contribution in [3.05, 3.63) is 81.6 Å². The lowest BCUT2D eigenvalue weighted by Crippen LogP contribution is -2.33. The minimum absolute atomic E-state index is 0.0703. The highest BCUT2D eigenvalue weighted by atomic mass is 16.5. The Morgan fingerprint density at radius 2 is 1.54 bits per heavy atom. The van der Waals surface area contributed by atoms with Gasteiger partial charge in [0.1, 0.15) is 0 Å². The number of carbonyl (C=O) groups excluding carboxylic acids is 3. The van der Waals surface area contributed by atoms with Crippen LogP contribution in [0.4, 0.5) is 0 Å². The molecule has 2 amide bonds. The Bertz CT molecular complexity index is 1100. The standard InChI is InChI=1S/C19H12N2O5/c22-16-9-14(11-5-3-4-8-15(11)20-16)19(25)26-10-21-17(23)12-6-1-2-7-13(12)18(21)24/h1-9H,10H2,(H,20,22). The molecule has 4 rings (SSSR count). The minimum atomic E-state index is -0.788. The quantitative estimate of drug-likeness (QED) is 0.576. The third kappa shape index (κ3) is 2.46. The van der Waals surface area contributed by atoms with Gasteiger partial charge in [-0.25, -0.2) is 9.69 Å². The normalized spacial score (nSPS) is 13.2. The van der Waals surface area contributed by atoms with Gasteiger partial charge in [0.05, 0.1) is 16.7 Å². The number of pyridine rings is 1. The first-order valence-electron chi connectivity index (χ1n) is 7.80. The highest BCUT2D eigenvalue weighted by Gasteiger charge is 2.35. The zero-order valence-electron chi connectivity index (χ0n) is 13.4. The Labute approximate surface area is 146 Å². The number of amides is 2. The molecule has 1 aliphatic heterocycles. The van der Waals surface area contributed by atoms with Crippen molar-refractivity contribution in [3.8, 4) is 0 Å². The fourth-order valence-corrected chi connectivity index (χ4v) is 2.93. The van der Waals surface area contributed by atoms with Crippen LogP contribution < -0.4 is 5.56 Å². The predicted molar refractivity (Wildman–Crippen MR) is 91.8 cm³/mol. The lowest BCUT2D eigenvalue weighted by Gasteiger charge is -2.14. The topological polar surface area (TPSA) is 96.5 Å². The molecule has 0 saturated heterocycles. The molecule has 7 nitrogen and oxygen atoms in total. The van der Waals surface area contributed by atoms with Crippen LogP contribution in [0.25, 0.3) is 10.9 Å². The monoisotopic (exact) mass is 348 g/mol. The van der Waals surface area contributed by atoms with Crippen molar-refractivity contribution in [2.45, 2.75) is 0 Å². The van der Waals surface area contributed by atoms with E-state index >= 15 is 0 Å². The largest absolute Gasteiger partial charge is 0.440 e. The van der Waals surface area contributed by atoms with Gasteiger partial charge in [-0.15, -0.1) is 0 Å². The first-order chi connectivity index (χ1) is 12.6. The molecule has 128 valence electrons. The number of aromatic amines is 1. The molecule has 7 heteroatoms. The number of nitrogens with zero attached hydrogens (tertiary/aromatic N) is 1. The molecule has 0 fully saturated rings. The molecular weight excluding hydrogens is 336 g/mol. The van der Waals surface area contributed by atoms with Crippen LogP contribution in [-0.4, -0.2) is 34.4 Å². The fraction of sp³-hybridized carbons (Fsp3) is 0.0526. The van der Waals surface area contributed by atoms with E-state index in [1.807, 2.05) is 0 Å². The van der Waals surface area contributed by atoms with Gasteiger partial charge in [-0.3, -0.25) is 14.4 Å². The maximum Gasteiger partial charge on any atom is 0.340 e. The second-order valence-corrected chi connectivity index (χ2v) is 5.74. The van der Waals surface area contributed by atoms with Crippen LogP contribution in [0.2, 0.25) is 0 Å². The van der Waals surface area contributed by atoms with Crippen LogP contribution in [-0.2, 0) is 4.74 Å². The van der Waals surface area contributed by atoms with Gasteiger partial charge in [0, 0.05) is 17.0 Å². The van der Waals surface area contributed by atoms with E-state index in [1.54, 1.807) is 48.5 Å². The number of imide groups is 1. The summed E-state index contributed by atoms with van der Waals surface area (Å²) in [6, 6.07) is 14.3. The molecular formula is C19H12N2O5. The zero-order valence-corrected chi connectivity index (χ0v) is 13.4. The maximum atomic E-state index is 12.4. The Kier molecular flexibility index (Phi) is 3.62. The SMILES string of the molecule is O=C(OCN1C(=O)c2ccccc2C1=O)c1cc(=O)[nH]c2ccccc12. The molecule has 1 aliphatic rings. The molecule has 1 N–H and O–H groups in total. The van der Waals surface area contributed by atoms with E-state index < -0.39 is 30.1 Å². The van der Waals surface area contributed by atoms with Gasteiger partial charge in [-0.05, 0) is 18.2 Å². The van der Waals surface area contributed by atoms with Crippen LogP contribution in [0.15, 0.2) is 59.4 Å². The summed E-state index contributed by atoms with van der Waals surface area (Å²) in [7, 11) is 0. The van der Waals surface area contributed by atoms with Crippen molar-refractivity contribution in [1.29, 1.82) is 0 Å². The van der Waals surface area contributed by atoms with E-state index in [0.717, 1.165) is 11.0 Å². The zero-order chi connectivity index (χ0) is 18.3. The van der Waals surface area contributed by atoms with Gasteiger partial charge in [0.15, 0.2) is 6.73 Å². The van der Waals surface area contributed by atoms with E-state index in [1.165, 1.54) is 0 Å². The second kappa shape index (κ2) is 5.96. The Morgan fingerprint density at radius 3 is 2.23 bits per heavy atom. The van der Waals surface area contributed by atoms with Crippen LogP contribution in [0.3, 0.4) is 0 Å². The number of fused-ring (bicyclic) bond motifs is 2. The number of H-pyrrole nitrogens is 1. The van der Waals surface area contributed by atoms with E-state index in [-0.39, 0.29) is 16.7 Å². The smallest absolute Gasteiger partial charge is 0.340 e. The van der Waals surface area contributed by atoms with Gasteiger partial charge in [0.25, 0.3) is 11.8 Å². The molecule has 2 heterocycles. The summed E-state index contributed by atoms with van der Waals surface area (Å²) >= 11 is 0. The van der Waals surface area contributed by atoms with Gasteiger partial charge in [0.2, 0.25) is 5.56 Å². The van der Waals surface area contributed by atoms with Crippen molar-refractivity contribution in [2.75, 3.05) is 6.73 Å². The summed E-state index contributed by atoms with van der Waals surface area (Å²) in [5, 5.41) is 0.513. The van der Waals surface area contributed by atoms with E-state index in [9.17, 15) is 19.2 Å². The molecule has 2 aromatic carbocycles. The Balaban J connectivity index is 1.59. The van der Waals surface area contributed by atoms with E-state index in [4.69, 9.17) is 4.74 Å². The lowest BCUT2D eigenvalue weighted by molar-refractivity contribution is 0.0229. The Hall–Kier alpha value is -3.74. The molecule has 0 unspecified atom stereocenters. The number of rotatable bonds is 3. The van der Waals surface area contributed by atoms with Crippen LogP contribution >= 0.6 is 0 Å². The van der Waals surface area contributed by atoms with Crippen LogP contribution in [0.1, 0.15) is 31.1 Å². The van der Waals surface area contributed by atoms with Gasteiger partial charge in [-0.1, -0.05) is 30.3 Å². The average molecular weight is 348 g/mol. The molecule has 1 aromatic heterocycles. The number of hydrogen-bond donors (Lipinski definition) is 1. The summed E-state index contributed by atoms with van der Waals surface area (Å²) in [6.45, 7) is -0.522. The molecule has 0 radical (unpaired) electrons.